The summed E-state index contributed by atoms with van der Waals surface area (Å²) >= 11 is 0. The second-order valence-corrected chi connectivity index (χ2v) is 8.24. The minimum atomic E-state index is -0.0650. The SMILES string of the molecule is COc1cccc(C(=O)N2CCC[C@@H](c3cc(N(C)C)nc(-c4cccnc4)n3)C2)c1OC. The van der Waals surface area contributed by atoms with Gasteiger partial charge in [0.15, 0.2) is 17.3 Å². The molecule has 2 aromatic heterocycles. The van der Waals surface area contributed by atoms with E-state index in [1.165, 1.54) is 0 Å². The van der Waals surface area contributed by atoms with Gasteiger partial charge in [-0.1, -0.05) is 6.07 Å². The summed E-state index contributed by atoms with van der Waals surface area (Å²) in [4.78, 5) is 31.1. The first-order valence-corrected chi connectivity index (χ1v) is 11.0. The Labute approximate surface area is 194 Å². The second-order valence-electron chi connectivity index (χ2n) is 8.24. The van der Waals surface area contributed by atoms with Crippen molar-refractivity contribution in [1.82, 2.24) is 19.9 Å². The van der Waals surface area contributed by atoms with Crippen LogP contribution in [0.15, 0.2) is 48.8 Å². The highest BCUT2D eigenvalue weighted by atomic mass is 16.5. The highest BCUT2D eigenvalue weighted by Gasteiger charge is 2.29. The number of nitrogens with zero attached hydrogens (tertiary/aromatic N) is 5. The van der Waals surface area contributed by atoms with E-state index in [4.69, 9.17) is 19.4 Å². The fourth-order valence-corrected chi connectivity index (χ4v) is 4.14. The molecule has 1 aliphatic rings. The Morgan fingerprint density at radius 2 is 1.97 bits per heavy atom. The van der Waals surface area contributed by atoms with Crippen LogP contribution in [0.4, 0.5) is 5.82 Å². The molecule has 0 bridgehead atoms. The third-order valence-electron chi connectivity index (χ3n) is 5.87. The van der Waals surface area contributed by atoms with Crippen molar-refractivity contribution in [3.63, 3.8) is 0 Å². The number of anilines is 1. The van der Waals surface area contributed by atoms with E-state index in [2.05, 4.69) is 4.98 Å². The third kappa shape index (κ3) is 4.74. The van der Waals surface area contributed by atoms with E-state index in [-0.39, 0.29) is 11.8 Å². The summed E-state index contributed by atoms with van der Waals surface area (Å²) in [6, 6.07) is 11.2. The van der Waals surface area contributed by atoms with Gasteiger partial charge in [-0.05, 0) is 37.1 Å². The van der Waals surface area contributed by atoms with E-state index >= 15 is 0 Å². The molecule has 0 unspecified atom stereocenters. The van der Waals surface area contributed by atoms with Crippen molar-refractivity contribution < 1.29 is 14.3 Å². The molecular formula is C25H29N5O3. The molecule has 1 fully saturated rings. The molecule has 0 spiro atoms. The molecule has 1 atom stereocenters. The quantitative estimate of drug-likeness (QED) is 0.571. The van der Waals surface area contributed by atoms with Crippen LogP contribution in [0.3, 0.4) is 0 Å². The van der Waals surface area contributed by atoms with Crippen LogP contribution >= 0.6 is 0 Å². The molecule has 3 aromatic rings. The molecule has 0 radical (unpaired) electrons. The zero-order valence-corrected chi connectivity index (χ0v) is 19.5. The molecule has 33 heavy (non-hydrogen) atoms. The van der Waals surface area contributed by atoms with Crippen molar-refractivity contribution >= 4 is 11.7 Å². The Kier molecular flexibility index (Phi) is 6.72. The molecule has 1 saturated heterocycles. The largest absolute Gasteiger partial charge is 0.493 e. The third-order valence-corrected chi connectivity index (χ3v) is 5.87. The topological polar surface area (TPSA) is 80.7 Å². The van der Waals surface area contributed by atoms with E-state index in [9.17, 15) is 4.79 Å². The highest BCUT2D eigenvalue weighted by Crippen LogP contribution is 2.34. The summed E-state index contributed by atoms with van der Waals surface area (Å²) in [5, 5.41) is 0. The summed E-state index contributed by atoms with van der Waals surface area (Å²) in [6.45, 7) is 1.27. The predicted octanol–water partition coefficient (Wildman–Crippen LogP) is 3.64. The standard InChI is InChI=1S/C25H29N5O3/c1-29(2)22-14-20(27-24(28-22)17-8-6-12-26-15-17)18-9-7-13-30(16-18)25(31)19-10-5-11-21(32-3)23(19)33-4/h5-6,8,10-12,14-15,18H,7,9,13,16H2,1-4H3/t18-/m1/s1. The van der Waals surface area contributed by atoms with Gasteiger partial charge in [-0.3, -0.25) is 9.78 Å². The van der Waals surface area contributed by atoms with Crippen LogP contribution in [0.2, 0.25) is 0 Å². The van der Waals surface area contributed by atoms with E-state index < -0.39 is 0 Å². The molecule has 1 amide bonds. The number of benzene rings is 1. The predicted molar refractivity (Wildman–Crippen MR) is 127 cm³/mol. The van der Waals surface area contributed by atoms with Crippen molar-refractivity contribution in [2.24, 2.45) is 0 Å². The number of likely N-dealkylation sites (tertiary alicyclic amines) is 1. The molecule has 0 N–H and O–H groups in total. The highest BCUT2D eigenvalue weighted by molar-refractivity contribution is 5.98. The lowest BCUT2D eigenvalue weighted by molar-refractivity contribution is 0.0702. The number of carbonyl (C=O) groups excluding carboxylic acids is 1. The first-order chi connectivity index (χ1) is 16.0. The summed E-state index contributed by atoms with van der Waals surface area (Å²) in [5.74, 6) is 2.52. The molecule has 1 aromatic carbocycles. The van der Waals surface area contributed by atoms with Crippen LogP contribution < -0.4 is 14.4 Å². The van der Waals surface area contributed by atoms with Crippen LogP contribution in [0, 0.1) is 0 Å². The van der Waals surface area contributed by atoms with E-state index in [0.717, 1.165) is 29.9 Å². The molecule has 1 aliphatic heterocycles. The fraction of sp³-hybridized carbons (Fsp3) is 0.360. The second kappa shape index (κ2) is 9.85. The van der Waals surface area contributed by atoms with Crippen LogP contribution in [0.25, 0.3) is 11.4 Å². The molecule has 0 saturated carbocycles. The van der Waals surface area contributed by atoms with E-state index in [1.54, 1.807) is 38.7 Å². The van der Waals surface area contributed by atoms with Gasteiger partial charge < -0.3 is 19.3 Å². The Morgan fingerprint density at radius 1 is 1.12 bits per heavy atom. The fourth-order valence-electron chi connectivity index (χ4n) is 4.14. The first kappa shape index (κ1) is 22.5. The molecular weight excluding hydrogens is 418 g/mol. The Bertz CT molecular complexity index is 1120. The molecule has 4 rings (SSSR count). The number of ether oxygens (including phenoxy) is 2. The lowest BCUT2D eigenvalue weighted by Gasteiger charge is -2.33. The number of aromatic nitrogens is 3. The molecule has 172 valence electrons. The van der Waals surface area contributed by atoms with Gasteiger partial charge in [0, 0.05) is 57.1 Å². The number of pyridine rings is 1. The zero-order chi connectivity index (χ0) is 23.4. The average Bonchev–Trinajstić information content (AvgIpc) is 2.88. The first-order valence-electron chi connectivity index (χ1n) is 11.0. The van der Waals surface area contributed by atoms with Gasteiger partial charge in [-0.2, -0.15) is 0 Å². The van der Waals surface area contributed by atoms with E-state index in [1.807, 2.05) is 48.2 Å². The number of amides is 1. The van der Waals surface area contributed by atoms with Crippen LogP contribution in [0.1, 0.15) is 34.8 Å². The van der Waals surface area contributed by atoms with Crippen molar-refractivity contribution in [2.75, 3.05) is 46.3 Å². The average molecular weight is 448 g/mol. The number of hydrogen-bond donors (Lipinski definition) is 0. The maximum absolute atomic E-state index is 13.4. The van der Waals surface area contributed by atoms with Crippen molar-refractivity contribution in [1.29, 1.82) is 0 Å². The molecule has 8 heteroatoms. The normalized spacial score (nSPS) is 15.8. The molecule has 8 nitrogen and oxygen atoms in total. The van der Waals surface area contributed by atoms with Crippen LogP contribution in [-0.4, -0.2) is 67.2 Å². The minimum Gasteiger partial charge on any atom is -0.493 e. The van der Waals surface area contributed by atoms with Gasteiger partial charge in [0.1, 0.15) is 5.82 Å². The lowest BCUT2D eigenvalue weighted by atomic mass is 9.93. The maximum atomic E-state index is 13.4. The van der Waals surface area contributed by atoms with Gasteiger partial charge in [-0.25, -0.2) is 9.97 Å². The monoisotopic (exact) mass is 447 g/mol. The van der Waals surface area contributed by atoms with Crippen molar-refractivity contribution in [3.05, 3.63) is 60.0 Å². The summed E-state index contributed by atoms with van der Waals surface area (Å²) in [6.07, 6.45) is 5.35. The van der Waals surface area contributed by atoms with Crippen LogP contribution in [-0.2, 0) is 0 Å². The number of carbonyl (C=O) groups is 1. The number of hydrogen-bond acceptors (Lipinski definition) is 7. The van der Waals surface area contributed by atoms with Crippen molar-refractivity contribution in [2.45, 2.75) is 18.8 Å². The number of piperidine rings is 1. The zero-order valence-electron chi connectivity index (χ0n) is 19.5. The Hall–Kier alpha value is -3.68. The van der Waals surface area contributed by atoms with Gasteiger partial charge in [0.2, 0.25) is 0 Å². The molecule has 0 aliphatic carbocycles. The Morgan fingerprint density at radius 3 is 2.67 bits per heavy atom. The lowest BCUT2D eigenvalue weighted by Crippen LogP contribution is -2.39. The molecule has 3 heterocycles. The Balaban J connectivity index is 1.64. The number of rotatable bonds is 6. The number of para-hydroxylation sites is 1. The van der Waals surface area contributed by atoms with Gasteiger partial charge >= 0.3 is 0 Å². The minimum absolute atomic E-state index is 0.0650. The summed E-state index contributed by atoms with van der Waals surface area (Å²) in [7, 11) is 7.05. The van der Waals surface area contributed by atoms with E-state index in [0.29, 0.717) is 36.0 Å². The maximum Gasteiger partial charge on any atom is 0.257 e. The van der Waals surface area contributed by atoms with Crippen LogP contribution in [0.5, 0.6) is 11.5 Å². The van der Waals surface area contributed by atoms with Gasteiger partial charge in [0.05, 0.1) is 25.5 Å². The smallest absolute Gasteiger partial charge is 0.257 e. The summed E-state index contributed by atoms with van der Waals surface area (Å²) < 4.78 is 10.9. The van der Waals surface area contributed by atoms with Gasteiger partial charge in [0.25, 0.3) is 5.91 Å². The van der Waals surface area contributed by atoms with Gasteiger partial charge in [-0.15, -0.1) is 0 Å². The van der Waals surface area contributed by atoms with Crippen molar-refractivity contribution in [3.8, 4) is 22.9 Å². The number of methoxy groups -OCH3 is 2. The summed E-state index contributed by atoms with van der Waals surface area (Å²) in [5.41, 5.74) is 2.31.